The average molecular weight is 197 g/mol. The topological polar surface area (TPSA) is 38.3 Å². The second kappa shape index (κ2) is 6.46. The minimum absolute atomic E-state index is 0.279. The number of carbonyl (C=O) groups excluding carboxylic acids is 1. The molecule has 1 N–H and O–H groups in total. The molecule has 0 bridgehead atoms. The molecular weight excluding hydrogens is 178 g/mol. The van der Waals surface area contributed by atoms with E-state index in [0.717, 1.165) is 19.3 Å². The van der Waals surface area contributed by atoms with Gasteiger partial charge < -0.3 is 10.1 Å². The Morgan fingerprint density at radius 3 is 2.79 bits per heavy atom. The lowest BCUT2D eigenvalue weighted by Gasteiger charge is -2.22. The van der Waals surface area contributed by atoms with Crippen LogP contribution in [0.1, 0.15) is 38.5 Å². The zero-order valence-corrected chi connectivity index (χ0v) is 8.63. The fourth-order valence-corrected chi connectivity index (χ4v) is 1.69. The zero-order valence-electron chi connectivity index (χ0n) is 8.63. The maximum atomic E-state index is 11.2. The third-order valence-corrected chi connectivity index (χ3v) is 2.48. The summed E-state index contributed by atoms with van der Waals surface area (Å²) in [6.45, 7) is 3.99. The van der Waals surface area contributed by atoms with Crippen LogP contribution in [0.25, 0.3) is 0 Å². The molecule has 0 atom stereocenters. The van der Waals surface area contributed by atoms with E-state index in [4.69, 9.17) is 4.74 Å². The zero-order chi connectivity index (χ0) is 10.2. The van der Waals surface area contributed by atoms with Crippen LogP contribution in [0.3, 0.4) is 0 Å². The minimum atomic E-state index is -0.279. The summed E-state index contributed by atoms with van der Waals surface area (Å²) >= 11 is 0. The van der Waals surface area contributed by atoms with Gasteiger partial charge in [0, 0.05) is 6.04 Å². The lowest BCUT2D eigenvalue weighted by molar-refractivity contribution is 0.141. The Bertz CT molecular complexity index is 186. The predicted molar refractivity (Wildman–Crippen MR) is 56.2 cm³/mol. The molecule has 1 saturated carbocycles. The van der Waals surface area contributed by atoms with Gasteiger partial charge in [0.1, 0.15) is 0 Å². The van der Waals surface area contributed by atoms with Crippen LogP contribution >= 0.6 is 0 Å². The highest BCUT2D eigenvalue weighted by Crippen LogP contribution is 2.17. The molecule has 1 rings (SSSR count). The van der Waals surface area contributed by atoms with E-state index in [0.29, 0.717) is 12.6 Å². The quantitative estimate of drug-likeness (QED) is 0.555. The molecule has 0 aromatic carbocycles. The Labute approximate surface area is 85.5 Å². The summed E-state index contributed by atoms with van der Waals surface area (Å²) in [6.07, 6.45) is 8.11. The maximum Gasteiger partial charge on any atom is 0.407 e. The van der Waals surface area contributed by atoms with Gasteiger partial charge in [0.25, 0.3) is 0 Å². The lowest BCUT2D eigenvalue weighted by atomic mass is 9.96. The average Bonchev–Trinajstić information content (AvgIpc) is 2.20. The monoisotopic (exact) mass is 197 g/mol. The molecule has 1 aliphatic rings. The van der Waals surface area contributed by atoms with Crippen molar-refractivity contribution in [2.75, 3.05) is 6.61 Å². The van der Waals surface area contributed by atoms with Crippen LogP contribution in [0.2, 0.25) is 0 Å². The SMILES string of the molecule is C=CCCOC(=O)NC1CCCCC1. The van der Waals surface area contributed by atoms with Gasteiger partial charge in [-0.25, -0.2) is 4.79 Å². The largest absolute Gasteiger partial charge is 0.449 e. The number of amides is 1. The standard InChI is InChI=1S/C11H19NO2/c1-2-3-9-14-11(13)12-10-7-5-4-6-8-10/h2,10H,1,3-9H2,(H,12,13). The Morgan fingerprint density at radius 1 is 1.43 bits per heavy atom. The normalized spacial score (nSPS) is 17.4. The second-order valence-corrected chi connectivity index (χ2v) is 3.69. The first-order valence-electron chi connectivity index (χ1n) is 5.37. The Hall–Kier alpha value is -0.990. The molecule has 0 aromatic heterocycles. The highest BCUT2D eigenvalue weighted by Gasteiger charge is 2.15. The van der Waals surface area contributed by atoms with Crippen molar-refractivity contribution in [2.45, 2.75) is 44.6 Å². The maximum absolute atomic E-state index is 11.2. The van der Waals surface area contributed by atoms with Gasteiger partial charge in [-0.05, 0) is 19.3 Å². The molecule has 0 aliphatic heterocycles. The molecule has 1 aliphatic carbocycles. The highest BCUT2D eigenvalue weighted by atomic mass is 16.5. The Morgan fingerprint density at radius 2 is 2.14 bits per heavy atom. The summed E-state index contributed by atoms with van der Waals surface area (Å²) in [4.78, 5) is 11.2. The first-order valence-corrected chi connectivity index (χ1v) is 5.37. The van der Waals surface area contributed by atoms with E-state index in [-0.39, 0.29) is 6.09 Å². The fourth-order valence-electron chi connectivity index (χ4n) is 1.69. The summed E-state index contributed by atoms with van der Waals surface area (Å²) in [7, 11) is 0. The van der Waals surface area contributed by atoms with Gasteiger partial charge in [0.2, 0.25) is 0 Å². The number of hydrogen-bond acceptors (Lipinski definition) is 2. The first kappa shape index (κ1) is 11.1. The van der Waals surface area contributed by atoms with Crippen LogP contribution in [0.15, 0.2) is 12.7 Å². The third kappa shape index (κ3) is 4.30. The number of hydrogen-bond donors (Lipinski definition) is 1. The predicted octanol–water partition coefficient (Wildman–Crippen LogP) is 2.62. The van der Waals surface area contributed by atoms with Gasteiger partial charge in [-0.2, -0.15) is 0 Å². The van der Waals surface area contributed by atoms with E-state index in [1.165, 1.54) is 19.3 Å². The van der Waals surface area contributed by atoms with Crippen LogP contribution < -0.4 is 5.32 Å². The smallest absolute Gasteiger partial charge is 0.407 e. The summed E-state index contributed by atoms with van der Waals surface area (Å²) in [5, 5.41) is 2.88. The molecule has 1 amide bonds. The van der Waals surface area contributed by atoms with E-state index in [2.05, 4.69) is 11.9 Å². The third-order valence-electron chi connectivity index (χ3n) is 2.48. The summed E-state index contributed by atoms with van der Waals surface area (Å²) < 4.78 is 4.96. The van der Waals surface area contributed by atoms with E-state index in [9.17, 15) is 4.79 Å². The van der Waals surface area contributed by atoms with Crippen molar-refractivity contribution >= 4 is 6.09 Å². The molecule has 14 heavy (non-hydrogen) atoms. The molecule has 0 heterocycles. The molecule has 0 spiro atoms. The number of carbonyl (C=O) groups is 1. The van der Waals surface area contributed by atoms with Gasteiger partial charge in [-0.3, -0.25) is 0 Å². The number of nitrogens with one attached hydrogen (secondary N) is 1. The molecule has 0 unspecified atom stereocenters. The van der Waals surface area contributed by atoms with Crippen molar-refractivity contribution in [1.29, 1.82) is 0 Å². The number of ether oxygens (including phenoxy) is 1. The highest BCUT2D eigenvalue weighted by molar-refractivity contribution is 5.67. The minimum Gasteiger partial charge on any atom is -0.449 e. The van der Waals surface area contributed by atoms with E-state index >= 15 is 0 Å². The summed E-state index contributed by atoms with van der Waals surface area (Å²) in [5.74, 6) is 0. The second-order valence-electron chi connectivity index (χ2n) is 3.69. The van der Waals surface area contributed by atoms with Gasteiger partial charge in [-0.15, -0.1) is 6.58 Å². The summed E-state index contributed by atoms with van der Waals surface area (Å²) in [5.41, 5.74) is 0. The van der Waals surface area contributed by atoms with Crippen molar-refractivity contribution in [1.82, 2.24) is 5.32 Å². The first-order chi connectivity index (χ1) is 6.83. The van der Waals surface area contributed by atoms with Crippen LogP contribution in [0.5, 0.6) is 0 Å². The summed E-state index contributed by atoms with van der Waals surface area (Å²) in [6, 6.07) is 0.333. The van der Waals surface area contributed by atoms with Gasteiger partial charge in [0.05, 0.1) is 6.61 Å². The molecule has 80 valence electrons. The van der Waals surface area contributed by atoms with E-state index in [1.54, 1.807) is 6.08 Å². The molecule has 0 saturated heterocycles. The van der Waals surface area contributed by atoms with Crippen molar-refractivity contribution < 1.29 is 9.53 Å². The van der Waals surface area contributed by atoms with Crippen molar-refractivity contribution in [3.05, 3.63) is 12.7 Å². The molecule has 1 fully saturated rings. The molecule has 0 radical (unpaired) electrons. The van der Waals surface area contributed by atoms with Crippen molar-refractivity contribution in [2.24, 2.45) is 0 Å². The van der Waals surface area contributed by atoms with E-state index < -0.39 is 0 Å². The van der Waals surface area contributed by atoms with Gasteiger partial charge in [0.15, 0.2) is 0 Å². The fraction of sp³-hybridized carbons (Fsp3) is 0.727. The Balaban J connectivity index is 2.09. The molecule has 3 heteroatoms. The van der Waals surface area contributed by atoms with Gasteiger partial charge in [-0.1, -0.05) is 25.3 Å². The van der Waals surface area contributed by atoms with Gasteiger partial charge >= 0.3 is 6.09 Å². The van der Waals surface area contributed by atoms with Crippen LogP contribution in [0, 0.1) is 0 Å². The van der Waals surface area contributed by atoms with Crippen LogP contribution in [-0.4, -0.2) is 18.7 Å². The van der Waals surface area contributed by atoms with Crippen molar-refractivity contribution in [3.63, 3.8) is 0 Å². The molecular formula is C11H19NO2. The molecule has 3 nitrogen and oxygen atoms in total. The Kier molecular flexibility index (Phi) is 5.12. The van der Waals surface area contributed by atoms with E-state index in [1.807, 2.05) is 0 Å². The number of alkyl carbamates (subject to hydrolysis) is 1. The van der Waals surface area contributed by atoms with Crippen molar-refractivity contribution in [3.8, 4) is 0 Å². The number of rotatable bonds is 4. The van der Waals surface area contributed by atoms with Crippen LogP contribution in [-0.2, 0) is 4.74 Å². The van der Waals surface area contributed by atoms with Crippen LogP contribution in [0.4, 0.5) is 4.79 Å². The lowest BCUT2D eigenvalue weighted by Crippen LogP contribution is -2.36. The molecule has 0 aromatic rings.